The van der Waals surface area contributed by atoms with E-state index in [1.807, 2.05) is 12.1 Å². The Balaban J connectivity index is 1.89. The maximum Gasteiger partial charge on any atom is 0.356 e. The Morgan fingerprint density at radius 3 is 2.95 bits per heavy atom. The van der Waals surface area contributed by atoms with Gasteiger partial charge in [0.15, 0.2) is 5.69 Å². The Morgan fingerprint density at radius 1 is 1.37 bits per heavy atom. The highest BCUT2D eigenvalue weighted by atomic mass is 16.4. The molecule has 0 spiro atoms. The monoisotopic (exact) mass is 261 g/mol. The Hall–Kier alpha value is -1.62. The quantitative estimate of drug-likeness (QED) is 0.873. The average molecular weight is 261 g/mol. The standard InChI is InChI=1S/C14H19N3O2/c1-16-10-4-5-11(16)9-17(8-6-10)12-3-2-7-15-13(12)14(18)19/h2-3,7,10-11H,4-6,8-9H2,1H3,(H,18,19). The molecule has 1 N–H and O–H groups in total. The second kappa shape index (κ2) is 4.81. The van der Waals surface area contributed by atoms with Crippen molar-refractivity contribution in [2.75, 3.05) is 25.0 Å². The number of rotatable bonds is 2. The van der Waals surface area contributed by atoms with E-state index >= 15 is 0 Å². The number of likely N-dealkylation sites (N-methyl/N-ethyl adjacent to an activating group) is 1. The summed E-state index contributed by atoms with van der Waals surface area (Å²) >= 11 is 0. The van der Waals surface area contributed by atoms with Crippen LogP contribution in [-0.4, -0.2) is 53.2 Å². The Bertz CT molecular complexity index is 491. The van der Waals surface area contributed by atoms with Crippen LogP contribution in [0.3, 0.4) is 0 Å². The molecule has 2 unspecified atom stereocenters. The fourth-order valence-electron chi connectivity index (χ4n) is 3.34. The third-order valence-corrected chi connectivity index (χ3v) is 4.48. The molecule has 2 atom stereocenters. The lowest BCUT2D eigenvalue weighted by atomic mass is 10.1. The Kier molecular flexibility index (Phi) is 3.14. The van der Waals surface area contributed by atoms with Gasteiger partial charge in [-0.15, -0.1) is 0 Å². The van der Waals surface area contributed by atoms with Crippen molar-refractivity contribution in [1.82, 2.24) is 9.88 Å². The smallest absolute Gasteiger partial charge is 0.356 e. The first kappa shape index (κ1) is 12.4. The summed E-state index contributed by atoms with van der Waals surface area (Å²) in [5.74, 6) is -0.946. The summed E-state index contributed by atoms with van der Waals surface area (Å²) < 4.78 is 0. The van der Waals surface area contributed by atoms with Gasteiger partial charge in [-0.05, 0) is 38.4 Å². The van der Waals surface area contributed by atoms with Crippen LogP contribution in [0.15, 0.2) is 18.3 Å². The molecule has 0 amide bonds. The zero-order valence-electron chi connectivity index (χ0n) is 11.1. The topological polar surface area (TPSA) is 56.7 Å². The van der Waals surface area contributed by atoms with Crippen molar-refractivity contribution in [3.63, 3.8) is 0 Å². The first-order valence-electron chi connectivity index (χ1n) is 6.82. The van der Waals surface area contributed by atoms with Crippen molar-refractivity contribution < 1.29 is 9.90 Å². The van der Waals surface area contributed by atoms with E-state index in [1.54, 1.807) is 6.20 Å². The van der Waals surface area contributed by atoms with E-state index in [2.05, 4.69) is 21.8 Å². The Labute approximate surface area is 112 Å². The summed E-state index contributed by atoms with van der Waals surface area (Å²) in [4.78, 5) is 19.9. The summed E-state index contributed by atoms with van der Waals surface area (Å²) in [7, 11) is 2.19. The van der Waals surface area contributed by atoms with Gasteiger partial charge in [0, 0.05) is 31.4 Å². The van der Waals surface area contributed by atoms with Crippen molar-refractivity contribution >= 4 is 11.7 Å². The van der Waals surface area contributed by atoms with Crippen LogP contribution in [0.25, 0.3) is 0 Å². The number of nitrogens with zero attached hydrogens (tertiary/aromatic N) is 3. The van der Waals surface area contributed by atoms with E-state index in [1.165, 1.54) is 12.8 Å². The van der Waals surface area contributed by atoms with Crippen molar-refractivity contribution in [1.29, 1.82) is 0 Å². The van der Waals surface area contributed by atoms with E-state index in [9.17, 15) is 9.90 Å². The molecule has 2 bridgehead atoms. The molecule has 1 aromatic heterocycles. The lowest BCUT2D eigenvalue weighted by Gasteiger charge is -2.28. The van der Waals surface area contributed by atoms with Gasteiger partial charge in [-0.2, -0.15) is 0 Å². The van der Waals surface area contributed by atoms with Crippen LogP contribution in [0.5, 0.6) is 0 Å². The van der Waals surface area contributed by atoms with Gasteiger partial charge in [0.1, 0.15) is 0 Å². The minimum absolute atomic E-state index is 0.169. The maximum absolute atomic E-state index is 11.3. The van der Waals surface area contributed by atoms with Crippen molar-refractivity contribution in [3.8, 4) is 0 Å². The number of hydrogen-bond donors (Lipinski definition) is 1. The molecule has 5 heteroatoms. The molecular formula is C14H19N3O2. The number of fused-ring (bicyclic) bond motifs is 2. The van der Waals surface area contributed by atoms with Crippen molar-refractivity contribution in [2.45, 2.75) is 31.3 Å². The van der Waals surface area contributed by atoms with Crippen LogP contribution in [0.1, 0.15) is 29.8 Å². The zero-order valence-corrected chi connectivity index (χ0v) is 11.1. The second-order valence-corrected chi connectivity index (χ2v) is 5.46. The molecule has 2 aliphatic rings. The van der Waals surface area contributed by atoms with E-state index in [0.29, 0.717) is 12.1 Å². The largest absolute Gasteiger partial charge is 0.476 e. The van der Waals surface area contributed by atoms with Gasteiger partial charge in [0.25, 0.3) is 0 Å². The molecule has 0 aliphatic carbocycles. The number of anilines is 1. The van der Waals surface area contributed by atoms with E-state index in [0.717, 1.165) is 25.2 Å². The van der Waals surface area contributed by atoms with E-state index in [4.69, 9.17) is 0 Å². The van der Waals surface area contributed by atoms with Gasteiger partial charge in [-0.1, -0.05) is 0 Å². The normalized spacial score (nSPS) is 27.3. The molecule has 0 radical (unpaired) electrons. The first-order chi connectivity index (χ1) is 9.16. The number of pyridine rings is 1. The SMILES string of the molecule is CN1C2CCC1CN(c1cccnc1C(=O)O)CC2. The van der Waals surface area contributed by atoms with Gasteiger partial charge in [-0.3, -0.25) is 4.90 Å². The summed E-state index contributed by atoms with van der Waals surface area (Å²) in [6.45, 7) is 1.82. The minimum atomic E-state index is -0.946. The van der Waals surface area contributed by atoms with Crippen LogP contribution in [0, 0.1) is 0 Å². The highest BCUT2D eigenvalue weighted by Crippen LogP contribution is 2.31. The number of carbonyl (C=O) groups is 1. The van der Waals surface area contributed by atoms with Crippen molar-refractivity contribution in [3.05, 3.63) is 24.0 Å². The number of carboxylic acid groups (broad SMARTS) is 1. The molecule has 102 valence electrons. The van der Waals surface area contributed by atoms with Crippen LogP contribution < -0.4 is 4.90 Å². The van der Waals surface area contributed by atoms with Crippen LogP contribution in [0.4, 0.5) is 5.69 Å². The number of aromatic nitrogens is 1. The maximum atomic E-state index is 11.3. The average Bonchev–Trinajstić information content (AvgIpc) is 2.63. The molecule has 2 saturated heterocycles. The molecule has 0 saturated carbocycles. The Morgan fingerprint density at radius 2 is 2.16 bits per heavy atom. The summed E-state index contributed by atoms with van der Waals surface area (Å²) in [6.07, 6.45) is 5.12. The highest BCUT2D eigenvalue weighted by Gasteiger charge is 2.35. The molecule has 3 heterocycles. The van der Waals surface area contributed by atoms with Crippen molar-refractivity contribution in [2.24, 2.45) is 0 Å². The molecule has 19 heavy (non-hydrogen) atoms. The number of aromatic carboxylic acids is 1. The molecule has 2 fully saturated rings. The number of hydrogen-bond acceptors (Lipinski definition) is 4. The van der Waals surface area contributed by atoms with E-state index < -0.39 is 5.97 Å². The van der Waals surface area contributed by atoms with Gasteiger partial charge in [0.05, 0.1) is 5.69 Å². The zero-order chi connectivity index (χ0) is 13.4. The number of carboxylic acids is 1. The van der Waals surface area contributed by atoms with Gasteiger partial charge < -0.3 is 10.0 Å². The lowest BCUT2D eigenvalue weighted by molar-refractivity contribution is 0.0691. The fraction of sp³-hybridized carbons (Fsp3) is 0.571. The molecule has 3 rings (SSSR count). The molecular weight excluding hydrogens is 242 g/mol. The predicted octanol–water partition coefficient (Wildman–Crippen LogP) is 1.45. The first-order valence-corrected chi connectivity index (χ1v) is 6.82. The minimum Gasteiger partial charge on any atom is -0.476 e. The summed E-state index contributed by atoms with van der Waals surface area (Å²) in [5.41, 5.74) is 0.930. The summed E-state index contributed by atoms with van der Waals surface area (Å²) in [5, 5.41) is 9.25. The van der Waals surface area contributed by atoms with Crippen LogP contribution in [0.2, 0.25) is 0 Å². The molecule has 5 nitrogen and oxygen atoms in total. The molecule has 0 aromatic carbocycles. The fourth-order valence-corrected chi connectivity index (χ4v) is 3.34. The predicted molar refractivity (Wildman–Crippen MR) is 72.6 cm³/mol. The third-order valence-electron chi connectivity index (χ3n) is 4.48. The van der Waals surface area contributed by atoms with Gasteiger partial charge in [-0.25, -0.2) is 9.78 Å². The van der Waals surface area contributed by atoms with Gasteiger partial charge >= 0.3 is 5.97 Å². The van der Waals surface area contributed by atoms with Crippen LogP contribution >= 0.6 is 0 Å². The van der Waals surface area contributed by atoms with Gasteiger partial charge in [0.2, 0.25) is 0 Å². The highest BCUT2D eigenvalue weighted by molar-refractivity contribution is 5.92. The summed E-state index contributed by atoms with van der Waals surface area (Å²) in [6, 6.07) is 4.87. The molecule has 1 aromatic rings. The van der Waals surface area contributed by atoms with E-state index in [-0.39, 0.29) is 5.69 Å². The molecule has 2 aliphatic heterocycles. The second-order valence-electron chi connectivity index (χ2n) is 5.46. The van der Waals surface area contributed by atoms with Crippen LogP contribution in [-0.2, 0) is 0 Å². The third kappa shape index (κ3) is 2.18. The lowest BCUT2D eigenvalue weighted by Crippen LogP contribution is -2.37.